The van der Waals surface area contributed by atoms with Crippen molar-refractivity contribution in [3.8, 4) is 6.07 Å². The minimum Gasteiger partial charge on any atom is -0.322 e. The Morgan fingerprint density at radius 1 is 1.13 bits per heavy atom. The SMILES string of the molecule is N#CC1(N2CCN(Cc3cccc4c3CN(C3CCC(=O)NC3=O)C4=O)CC2)CNC1. The van der Waals surface area contributed by atoms with E-state index in [1.165, 1.54) is 0 Å². The quantitative estimate of drug-likeness (QED) is 0.626. The molecule has 9 heteroatoms. The molecule has 2 N–H and O–H groups in total. The molecule has 4 aliphatic rings. The lowest BCUT2D eigenvalue weighted by molar-refractivity contribution is -0.136. The molecule has 0 aliphatic carbocycles. The highest BCUT2D eigenvalue weighted by atomic mass is 16.2. The number of nitriles is 1. The zero-order valence-electron chi connectivity index (χ0n) is 17.4. The Bertz CT molecular complexity index is 974. The van der Waals surface area contributed by atoms with Crippen molar-refractivity contribution >= 4 is 17.7 Å². The number of imide groups is 1. The van der Waals surface area contributed by atoms with Gasteiger partial charge in [0.2, 0.25) is 11.8 Å². The van der Waals surface area contributed by atoms with Gasteiger partial charge in [-0.1, -0.05) is 12.1 Å². The third-order valence-electron chi connectivity index (χ3n) is 7.09. The molecule has 0 spiro atoms. The molecule has 3 fully saturated rings. The van der Waals surface area contributed by atoms with Gasteiger partial charge in [0.15, 0.2) is 0 Å². The molecule has 4 aliphatic heterocycles. The third-order valence-corrected chi connectivity index (χ3v) is 7.09. The summed E-state index contributed by atoms with van der Waals surface area (Å²) < 4.78 is 0. The van der Waals surface area contributed by atoms with Crippen molar-refractivity contribution in [3.63, 3.8) is 0 Å². The standard InChI is InChI=1S/C22H26N6O3/c23-12-22(13-24-14-22)27-8-6-26(7-9-27)10-15-2-1-3-16-17(15)11-28(21(16)31)18-4-5-19(29)25-20(18)30/h1-3,18,24H,4-11,13-14H2,(H,25,29,30). The summed E-state index contributed by atoms with van der Waals surface area (Å²) in [7, 11) is 0. The molecule has 162 valence electrons. The molecule has 3 saturated heterocycles. The number of fused-ring (bicyclic) bond motifs is 1. The molecule has 0 bridgehead atoms. The van der Waals surface area contributed by atoms with E-state index in [1.54, 1.807) is 4.90 Å². The lowest BCUT2D eigenvalue weighted by Crippen LogP contribution is -2.70. The number of carbonyl (C=O) groups is 3. The summed E-state index contributed by atoms with van der Waals surface area (Å²) in [6.07, 6.45) is 0.630. The molecule has 0 saturated carbocycles. The van der Waals surface area contributed by atoms with Gasteiger partial charge >= 0.3 is 0 Å². The van der Waals surface area contributed by atoms with Crippen LogP contribution < -0.4 is 10.6 Å². The molecule has 31 heavy (non-hydrogen) atoms. The number of benzene rings is 1. The molecule has 1 aromatic carbocycles. The second kappa shape index (κ2) is 7.71. The van der Waals surface area contributed by atoms with Gasteiger partial charge in [0, 0.05) is 64.3 Å². The van der Waals surface area contributed by atoms with Crippen LogP contribution in [0.2, 0.25) is 0 Å². The van der Waals surface area contributed by atoms with Crippen molar-refractivity contribution < 1.29 is 14.4 Å². The van der Waals surface area contributed by atoms with Crippen LogP contribution in [0.3, 0.4) is 0 Å². The maximum Gasteiger partial charge on any atom is 0.255 e. The van der Waals surface area contributed by atoms with Crippen LogP contribution in [0, 0.1) is 11.3 Å². The number of nitrogens with zero attached hydrogens (tertiary/aromatic N) is 4. The number of piperazine rings is 1. The van der Waals surface area contributed by atoms with Crippen LogP contribution in [0.15, 0.2) is 18.2 Å². The Morgan fingerprint density at radius 2 is 1.90 bits per heavy atom. The van der Waals surface area contributed by atoms with E-state index >= 15 is 0 Å². The highest BCUT2D eigenvalue weighted by Gasteiger charge is 2.44. The van der Waals surface area contributed by atoms with E-state index in [2.05, 4.69) is 32.6 Å². The van der Waals surface area contributed by atoms with Crippen molar-refractivity contribution in [1.29, 1.82) is 5.26 Å². The van der Waals surface area contributed by atoms with Gasteiger partial charge in [-0.3, -0.25) is 29.5 Å². The van der Waals surface area contributed by atoms with Crippen molar-refractivity contribution in [2.75, 3.05) is 39.3 Å². The number of piperidine rings is 1. The second-order valence-corrected chi connectivity index (χ2v) is 8.85. The Hall–Kier alpha value is -2.80. The van der Waals surface area contributed by atoms with Crippen LogP contribution >= 0.6 is 0 Å². The lowest BCUT2D eigenvalue weighted by atomic mass is 9.91. The fraction of sp³-hybridized carbons (Fsp3) is 0.545. The average Bonchev–Trinajstić information content (AvgIpc) is 3.06. The summed E-state index contributed by atoms with van der Waals surface area (Å²) in [6.45, 7) is 6.06. The third kappa shape index (κ3) is 3.41. The fourth-order valence-corrected chi connectivity index (χ4v) is 5.11. The predicted molar refractivity (Wildman–Crippen MR) is 111 cm³/mol. The van der Waals surface area contributed by atoms with Crippen molar-refractivity contribution in [2.45, 2.75) is 37.5 Å². The number of hydrogen-bond acceptors (Lipinski definition) is 7. The molecule has 4 heterocycles. The summed E-state index contributed by atoms with van der Waals surface area (Å²) >= 11 is 0. The van der Waals surface area contributed by atoms with Crippen molar-refractivity contribution in [2.24, 2.45) is 0 Å². The molecular formula is C22H26N6O3. The summed E-state index contributed by atoms with van der Waals surface area (Å²) in [5, 5.41) is 15.1. The Balaban J connectivity index is 1.27. The van der Waals surface area contributed by atoms with Crippen LogP contribution in [0.4, 0.5) is 0 Å². The maximum atomic E-state index is 13.0. The first-order valence-electron chi connectivity index (χ1n) is 10.9. The van der Waals surface area contributed by atoms with E-state index in [0.29, 0.717) is 18.5 Å². The van der Waals surface area contributed by atoms with E-state index in [0.717, 1.165) is 56.9 Å². The van der Waals surface area contributed by atoms with Gasteiger partial charge in [-0.2, -0.15) is 5.26 Å². The van der Waals surface area contributed by atoms with E-state index in [4.69, 9.17) is 0 Å². The molecule has 3 amide bonds. The van der Waals surface area contributed by atoms with Crippen LogP contribution in [0.1, 0.15) is 34.3 Å². The van der Waals surface area contributed by atoms with Crippen LogP contribution in [-0.2, 0) is 22.7 Å². The smallest absolute Gasteiger partial charge is 0.255 e. The van der Waals surface area contributed by atoms with Gasteiger partial charge in [0.25, 0.3) is 5.91 Å². The van der Waals surface area contributed by atoms with Crippen molar-refractivity contribution in [1.82, 2.24) is 25.3 Å². The molecule has 0 aromatic heterocycles. The maximum absolute atomic E-state index is 13.0. The lowest BCUT2D eigenvalue weighted by Gasteiger charge is -2.48. The van der Waals surface area contributed by atoms with Crippen molar-refractivity contribution in [3.05, 3.63) is 34.9 Å². The van der Waals surface area contributed by atoms with Crippen LogP contribution in [0.5, 0.6) is 0 Å². The first-order valence-corrected chi connectivity index (χ1v) is 10.9. The van der Waals surface area contributed by atoms with Gasteiger partial charge in [0.1, 0.15) is 11.6 Å². The van der Waals surface area contributed by atoms with Gasteiger partial charge in [-0.05, 0) is 23.6 Å². The number of carbonyl (C=O) groups excluding carboxylic acids is 3. The molecular weight excluding hydrogens is 396 g/mol. The first-order chi connectivity index (χ1) is 15.0. The Morgan fingerprint density at radius 3 is 2.55 bits per heavy atom. The van der Waals surface area contributed by atoms with Gasteiger partial charge in [-0.15, -0.1) is 0 Å². The highest BCUT2D eigenvalue weighted by Crippen LogP contribution is 2.31. The number of nitrogens with one attached hydrogen (secondary N) is 2. The largest absolute Gasteiger partial charge is 0.322 e. The predicted octanol–water partition coefficient (Wildman–Crippen LogP) is -0.569. The summed E-state index contributed by atoms with van der Waals surface area (Å²) in [5.41, 5.74) is 2.39. The Kier molecular flexibility index (Phi) is 5.01. The zero-order valence-corrected chi connectivity index (χ0v) is 17.4. The highest BCUT2D eigenvalue weighted by molar-refractivity contribution is 6.05. The van der Waals surface area contributed by atoms with Crippen LogP contribution in [0.25, 0.3) is 0 Å². The molecule has 0 radical (unpaired) electrons. The van der Waals surface area contributed by atoms with Gasteiger partial charge in [0.05, 0.1) is 6.07 Å². The van der Waals surface area contributed by atoms with E-state index in [-0.39, 0.29) is 29.7 Å². The molecule has 5 rings (SSSR count). The van der Waals surface area contributed by atoms with E-state index in [1.807, 2.05) is 12.1 Å². The average molecular weight is 422 g/mol. The molecule has 1 aromatic rings. The van der Waals surface area contributed by atoms with E-state index < -0.39 is 6.04 Å². The van der Waals surface area contributed by atoms with Gasteiger partial charge in [-0.25, -0.2) is 0 Å². The summed E-state index contributed by atoms with van der Waals surface area (Å²) in [6, 6.07) is 7.67. The molecule has 1 atom stereocenters. The monoisotopic (exact) mass is 422 g/mol. The Labute approximate surface area is 181 Å². The zero-order chi connectivity index (χ0) is 21.6. The van der Waals surface area contributed by atoms with E-state index in [9.17, 15) is 19.6 Å². The fourth-order valence-electron chi connectivity index (χ4n) is 5.11. The van der Waals surface area contributed by atoms with Crippen LogP contribution in [-0.4, -0.2) is 83.3 Å². The normalized spacial score (nSPS) is 26.2. The minimum absolute atomic E-state index is 0.135. The number of amides is 3. The molecule has 1 unspecified atom stereocenters. The minimum atomic E-state index is -0.591. The first kappa shape index (κ1) is 20.1. The summed E-state index contributed by atoms with van der Waals surface area (Å²) in [5.74, 6) is -0.794. The molecule has 9 nitrogen and oxygen atoms in total. The summed E-state index contributed by atoms with van der Waals surface area (Å²) in [4.78, 5) is 43.0. The topological polar surface area (TPSA) is 109 Å². The number of rotatable bonds is 4. The number of hydrogen-bond donors (Lipinski definition) is 2. The van der Waals surface area contributed by atoms with Gasteiger partial charge < -0.3 is 10.2 Å². The second-order valence-electron chi connectivity index (χ2n) is 8.85.